The van der Waals surface area contributed by atoms with Crippen molar-refractivity contribution < 1.29 is 45.6 Å². The van der Waals surface area contributed by atoms with Crippen LogP contribution in [-0.2, 0) is 33.1 Å². The Labute approximate surface area is 319 Å². The van der Waals surface area contributed by atoms with Crippen molar-refractivity contribution in [2.75, 3.05) is 0 Å². The van der Waals surface area contributed by atoms with Gasteiger partial charge in [-0.1, -0.05) is 112 Å². The number of phenols is 1. The van der Waals surface area contributed by atoms with Gasteiger partial charge in [0, 0.05) is 0 Å². The number of phenolic OH excluding ortho intramolecular Hbond substituents is 1. The van der Waals surface area contributed by atoms with Gasteiger partial charge in [0.1, 0.15) is 33.1 Å². The summed E-state index contributed by atoms with van der Waals surface area (Å²) in [4.78, 5) is -1.39. The maximum absolute atomic E-state index is 12.4. The largest absolute Gasteiger partial charge is 2.00 e. The summed E-state index contributed by atoms with van der Waals surface area (Å²) in [5, 5.41) is 22.8. The Morgan fingerprint density at radius 3 is 1.47 bits per heavy atom. The molecule has 4 rings (SSSR count). The summed E-state index contributed by atoms with van der Waals surface area (Å²) >= 11 is 0. The van der Waals surface area contributed by atoms with Crippen LogP contribution < -0.4 is 14.6 Å². The zero-order chi connectivity index (χ0) is 35.2. The van der Waals surface area contributed by atoms with E-state index in [-0.39, 0.29) is 49.2 Å². The SMILES string of the molecule is CCCCCCc1ccc(Oc2ccccc2)c(S(=O)(=O)O)c1O.CCCCCCc1ccc(Oc2ccccc2)c(S(=O)(=O)[O-])c1[O-].[Ca+2]. The average molecular weight is 739 g/mol. The zero-order valence-electron chi connectivity index (χ0n) is 27.8. The molecule has 0 spiro atoms. The average Bonchev–Trinajstić information content (AvgIpc) is 3.03. The minimum atomic E-state index is -4.93. The number of para-hydroxylation sites is 2. The van der Waals surface area contributed by atoms with Gasteiger partial charge < -0.3 is 24.2 Å². The third-order valence-corrected chi connectivity index (χ3v) is 9.18. The summed E-state index contributed by atoms with van der Waals surface area (Å²) in [5.74, 6) is -0.746. The molecule has 49 heavy (non-hydrogen) atoms. The van der Waals surface area contributed by atoms with Crippen molar-refractivity contribution in [2.24, 2.45) is 0 Å². The Hall–Kier alpha value is -2.84. The maximum Gasteiger partial charge on any atom is 2.00 e. The molecule has 0 atom stereocenters. The van der Waals surface area contributed by atoms with Crippen LogP contribution in [0.1, 0.15) is 76.3 Å². The minimum Gasteiger partial charge on any atom is -0.871 e. The molecule has 0 heterocycles. The van der Waals surface area contributed by atoms with Crippen LogP contribution in [0.15, 0.2) is 94.7 Å². The summed E-state index contributed by atoms with van der Waals surface area (Å²) in [7, 11) is -9.55. The molecular formula is C36H42CaO10S2. The van der Waals surface area contributed by atoms with E-state index in [9.17, 15) is 36.2 Å². The second-order valence-corrected chi connectivity index (χ2v) is 13.8. The topological polar surface area (TPSA) is 173 Å². The molecule has 4 aromatic carbocycles. The molecule has 0 saturated carbocycles. The number of ether oxygens (including phenoxy) is 2. The second kappa shape index (κ2) is 20.7. The molecule has 0 unspecified atom stereocenters. The molecule has 0 aliphatic rings. The Morgan fingerprint density at radius 1 is 0.612 bits per heavy atom. The fourth-order valence-electron chi connectivity index (χ4n) is 4.94. The van der Waals surface area contributed by atoms with E-state index in [1.165, 1.54) is 12.1 Å². The van der Waals surface area contributed by atoms with E-state index < -0.39 is 41.5 Å². The van der Waals surface area contributed by atoms with Crippen LogP contribution in [0.3, 0.4) is 0 Å². The number of hydrogen-bond donors (Lipinski definition) is 2. The Balaban J connectivity index is 0.000000333. The van der Waals surface area contributed by atoms with E-state index in [4.69, 9.17) is 9.47 Å². The van der Waals surface area contributed by atoms with Gasteiger partial charge in [0.2, 0.25) is 0 Å². The molecule has 0 amide bonds. The van der Waals surface area contributed by atoms with Crippen molar-refractivity contribution in [3.8, 4) is 34.5 Å². The molecule has 0 aliphatic heterocycles. The number of benzene rings is 4. The molecular weight excluding hydrogens is 697 g/mol. The van der Waals surface area contributed by atoms with Crippen LogP contribution in [0, 0.1) is 0 Å². The molecule has 0 aliphatic carbocycles. The van der Waals surface area contributed by atoms with E-state index in [1.54, 1.807) is 72.8 Å². The summed E-state index contributed by atoms with van der Waals surface area (Å²) in [6.07, 6.45) is 8.85. The van der Waals surface area contributed by atoms with Gasteiger partial charge in [0.05, 0.1) is 4.90 Å². The molecule has 10 nitrogen and oxygen atoms in total. The quantitative estimate of drug-likeness (QED) is 0.0657. The zero-order valence-corrected chi connectivity index (χ0v) is 31.7. The predicted molar refractivity (Wildman–Crippen MR) is 186 cm³/mol. The molecule has 0 radical (unpaired) electrons. The first-order valence-electron chi connectivity index (χ1n) is 15.9. The Morgan fingerprint density at radius 2 is 1.04 bits per heavy atom. The molecule has 2 N–H and O–H groups in total. The maximum atomic E-state index is 12.4. The standard InChI is InChI=1S/2C18H22O5S.Ca/c2*1-2-3-4-6-9-14-12-13-16(18(17(14)19)24(20,21)22)23-15-10-7-5-8-11-15;/h2*5,7-8,10-13,19H,2-4,6,9H2,1H3,(H,20,21,22);/q;;+2/p-2. The van der Waals surface area contributed by atoms with Crippen LogP contribution in [0.5, 0.6) is 34.5 Å². The van der Waals surface area contributed by atoms with E-state index in [0.29, 0.717) is 35.5 Å². The fourth-order valence-corrected chi connectivity index (χ4v) is 6.39. The first-order valence-corrected chi connectivity index (χ1v) is 18.8. The molecule has 0 fully saturated rings. The van der Waals surface area contributed by atoms with Crippen LogP contribution in [0.25, 0.3) is 0 Å². The minimum absolute atomic E-state index is 0. The number of aromatic hydroxyl groups is 1. The van der Waals surface area contributed by atoms with Crippen LogP contribution in [-0.4, -0.2) is 68.8 Å². The van der Waals surface area contributed by atoms with Gasteiger partial charge in [-0.2, -0.15) is 8.42 Å². The van der Waals surface area contributed by atoms with Crippen molar-refractivity contribution in [3.63, 3.8) is 0 Å². The summed E-state index contributed by atoms with van der Waals surface area (Å²) < 4.78 is 78.5. The van der Waals surface area contributed by atoms with Crippen LogP contribution >= 0.6 is 0 Å². The van der Waals surface area contributed by atoms with E-state index in [0.717, 1.165) is 51.4 Å². The summed E-state index contributed by atoms with van der Waals surface area (Å²) in [6, 6.07) is 23.0. The number of hydrogen-bond acceptors (Lipinski definition) is 9. The van der Waals surface area contributed by atoms with Gasteiger partial charge in [-0.05, 0) is 67.6 Å². The number of rotatable bonds is 16. The van der Waals surface area contributed by atoms with Gasteiger partial charge in [0.25, 0.3) is 0 Å². The van der Waals surface area contributed by atoms with Gasteiger partial charge in [-0.25, -0.2) is 8.42 Å². The normalized spacial score (nSPS) is 11.2. The smallest absolute Gasteiger partial charge is 0.871 e. The third-order valence-electron chi connectivity index (χ3n) is 7.39. The van der Waals surface area contributed by atoms with Crippen molar-refractivity contribution in [1.82, 2.24) is 0 Å². The molecule has 13 heteroatoms. The fraction of sp³-hybridized carbons (Fsp3) is 0.333. The van der Waals surface area contributed by atoms with Crippen molar-refractivity contribution in [3.05, 3.63) is 96.1 Å². The van der Waals surface area contributed by atoms with E-state index in [2.05, 4.69) is 13.8 Å². The second-order valence-electron chi connectivity index (χ2n) is 11.2. The molecule has 260 valence electrons. The number of aryl methyl sites for hydroxylation is 2. The Bertz CT molecular complexity index is 1680. The summed E-state index contributed by atoms with van der Waals surface area (Å²) in [5.41, 5.74) is 0.820. The molecule has 0 bridgehead atoms. The van der Waals surface area contributed by atoms with E-state index in [1.807, 2.05) is 0 Å². The molecule has 0 saturated heterocycles. The van der Waals surface area contributed by atoms with Gasteiger partial charge in [-0.3, -0.25) is 4.55 Å². The predicted octanol–water partition coefficient (Wildman–Crippen LogP) is 7.75. The van der Waals surface area contributed by atoms with Crippen molar-refractivity contribution in [1.29, 1.82) is 0 Å². The van der Waals surface area contributed by atoms with E-state index >= 15 is 0 Å². The Kier molecular flexibility index (Phi) is 17.9. The monoisotopic (exact) mass is 738 g/mol. The van der Waals surface area contributed by atoms with Crippen LogP contribution in [0.2, 0.25) is 0 Å². The van der Waals surface area contributed by atoms with Gasteiger partial charge in [0.15, 0.2) is 10.6 Å². The number of unbranched alkanes of at least 4 members (excludes halogenated alkanes) is 6. The van der Waals surface area contributed by atoms with Crippen molar-refractivity contribution >= 4 is 58.0 Å². The van der Waals surface area contributed by atoms with Gasteiger partial charge >= 0.3 is 47.9 Å². The molecule has 0 aromatic heterocycles. The van der Waals surface area contributed by atoms with Crippen molar-refractivity contribution in [2.45, 2.75) is 87.8 Å². The molecule has 4 aromatic rings. The first kappa shape index (κ1) is 42.3. The van der Waals surface area contributed by atoms with Gasteiger partial charge in [-0.15, -0.1) is 0 Å². The third kappa shape index (κ3) is 13.4. The summed E-state index contributed by atoms with van der Waals surface area (Å²) in [6.45, 7) is 4.18. The first-order chi connectivity index (χ1) is 22.9. The van der Waals surface area contributed by atoms with Crippen LogP contribution in [0.4, 0.5) is 0 Å².